The van der Waals surface area contributed by atoms with Crippen LogP contribution in [0.4, 0.5) is 5.69 Å². The zero-order valence-electron chi connectivity index (χ0n) is 12.4. The van der Waals surface area contributed by atoms with E-state index in [1.807, 2.05) is 26.0 Å². The Kier molecular flexibility index (Phi) is 5.69. The number of thioether (sulfide) groups is 1. The summed E-state index contributed by atoms with van der Waals surface area (Å²) in [6, 6.07) is 10.4. The van der Waals surface area contributed by atoms with Gasteiger partial charge in [-0.2, -0.15) is 0 Å². The van der Waals surface area contributed by atoms with Crippen LogP contribution in [0.2, 0.25) is 5.02 Å². The minimum absolute atomic E-state index is 0.0795. The number of carbonyl (C=O) groups is 1. The molecule has 0 saturated carbocycles. The molecule has 0 aliphatic heterocycles. The molecule has 0 bridgehead atoms. The first-order valence-electron chi connectivity index (χ1n) is 6.93. The minimum Gasteiger partial charge on any atom is -0.324 e. The zero-order chi connectivity index (χ0) is 16.1. The molecule has 1 atom stereocenters. The molecule has 0 aliphatic rings. The number of hydrogen-bond donors (Lipinski definition) is 1. The van der Waals surface area contributed by atoms with Crippen LogP contribution in [0, 0.1) is 0 Å². The number of hydrogen-bond acceptors (Lipinski definition) is 3. The van der Waals surface area contributed by atoms with Crippen LogP contribution in [0.5, 0.6) is 0 Å². The van der Waals surface area contributed by atoms with E-state index in [4.69, 9.17) is 11.6 Å². The van der Waals surface area contributed by atoms with Crippen molar-refractivity contribution in [1.82, 2.24) is 4.57 Å². The maximum atomic E-state index is 12.2. The van der Waals surface area contributed by atoms with Crippen LogP contribution >= 0.6 is 23.4 Å². The van der Waals surface area contributed by atoms with Crippen LogP contribution in [0.3, 0.4) is 0 Å². The van der Waals surface area contributed by atoms with E-state index in [-0.39, 0.29) is 16.7 Å². The predicted octanol–water partition coefficient (Wildman–Crippen LogP) is 3.64. The molecule has 2 rings (SSSR count). The molecule has 1 N–H and O–H groups in total. The molecule has 0 saturated heterocycles. The lowest BCUT2D eigenvalue weighted by Crippen LogP contribution is -2.24. The number of amides is 1. The summed E-state index contributed by atoms with van der Waals surface area (Å²) in [7, 11) is 0. The summed E-state index contributed by atoms with van der Waals surface area (Å²) in [6.45, 7) is 4.29. The number of benzene rings is 1. The molecule has 0 fully saturated rings. The molecule has 1 unspecified atom stereocenters. The molecule has 116 valence electrons. The Morgan fingerprint density at radius 1 is 1.27 bits per heavy atom. The van der Waals surface area contributed by atoms with Gasteiger partial charge in [0, 0.05) is 28.7 Å². The van der Waals surface area contributed by atoms with Gasteiger partial charge in [-0.05, 0) is 44.2 Å². The first-order valence-corrected chi connectivity index (χ1v) is 8.19. The number of anilines is 1. The van der Waals surface area contributed by atoms with Crippen LogP contribution in [0.25, 0.3) is 0 Å². The standard InChI is InChI=1S/C16H17ClN2O2S/c1-3-19-10-13(6-9-15(19)20)18-16(21)11(2)22-14-7-4-12(17)5-8-14/h4-11H,3H2,1-2H3,(H,18,21). The van der Waals surface area contributed by atoms with Gasteiger partial charge in [-0.15, -0.1) is 11.8 Å². The summed E-state index contributed by atoms with van der Waals surface area (Å²) in [5.74, 6) is -0.110. The van der Waals surface area contributed by atoms with E-state index in [0.29, 0.717) is 17.3 Å². The molecule has 0 radical (unpaired) electrons. The van der Waals surface area contributed by atoms with Gasteiger partial charge in [-0.1, -0.05) is 11.6 Å². The Hall–Kier alpha value is -1.72. The van der Waals surface area contributed by atoms with Gasteiger partial charge in [0.2, 0.25) is 5.91 Å². The predicted molar refractivity (Wildman–Crippen MR) is 91.8 cm³/mol. The summed E-state index contributed by atoms with van der Waals surface area (Å²) in [4.78, 5) is 24.7. The number of carbonyl (C=O) groups excluding carboxylic acids is 1. The monoisotopic (exact) mass is 336 g/mol. The number of nitrogens with one attached hydrogen (secondary N) is 1. The number of nitrogens with zero attached hydrogens (tertiary/aromatic N) is 1. The maximum Gasteiger partial charge on any atom is 0.250 e. The van der Waals surface area contributed by atoms with Gasteiger partial charge in [0.15, 0.2) is 0 Å². The van der Waals surface area contributed by atoms with Crippen molar-refractivity contribution in [3.05, 3.63) is 58.0 Å². The molecule has 1 heterocycles. The molecule has 1 aromatic heterocycles. The van der Waals surface area contributed by atoms with Gasteiger partial charge in [0.25, 0.3) is 5.56 Å². The van der Waals surface area contributed by atoms with Crippen LogP contribution in [0.15, 0.2) is 52.3 Å². The molecule has 22 heavy (non-hydrogen) atoms. The Balaban J connectivity index is 2.02. The Morgan fingerprint density at radius 3 is 2.59 bits per heavy atom. The Morgan fingerprint density at radius 2 is 1.95 bits per heavy atom. The molecule has 1 amide bonds. The van der Waals surface area contributed by atoms with Gasteiger partial charge >= 0.3 is 0 Å². The SMILES string of the molecule is CCn1cc(NC(=O)C(C)Sc2ccc(Cl)cc2)ccc1=O. The highest BCUT2D eigenvalue weighted by atomic mass is 35.5. The fourth-order valence-electron chi connectivity index (χ4n) is 1.87. The molecule has 4 nitrogen and oxygen atoms in total. The maximum absolute atomic E-state index is 12.2. The quantitative estimate of drug-likeness (QED) is 0.848. The average molecular weight is 337 g/mol. The van der Waals surface area contributed by atoms with Crippen LogP contribution in [-0.2, 0) is 11.3 Å². The lowest BCUT2D eigenvalue weighted by molar-refractivity contribution is -0.115. The third-order valence-corrected chi connectivity index (χ3v) is 4.45. The van der Waals surface area contributed by atoms with Gasteiger partial charge < -0.3 is 9.88 Å². The second kappa shape index (κ2) is 7.51. The van der Waals surface area contributed by atoms with Crippen molar-refractivity contribution in [2.24, 2.45) is 0 Å². The zero-order valence-corrected chi connectivity index (χ0v) is 13.9. The van der Waals surface area contributed by atoms with Gasteiger partial charge in [-0.25, -0.2) is 0 Å². The smallest absolute Gasteiger partial charge is 0.250 e. The summed E-state index contributed by atoms with van der Waals surface area (Å²) >= 11 is 7.30. The van der Waals surface area contributed by atoms with Crippen LogP contribution in [-0.4, -0.2) is 15.7 Å². The molecular weight excluding hydrogens is 320 g/mol. The normalized spacial score (nSPS) is 12.0. The fourth-order valence-corrected chi connectivity index (χ4v) is 2.86. The van der Waals surface area contributed by atoms with Crippen molar-refractivity contribution in [2.45, 2.75) is 30.5 Å². The number of aryl methyl sites for hydroxylation is 1. The largest absolute Gasteiger partial charge is 0.324 e. The topological polar surface area (TPSA) is 51.1 Å². The third kappa shape index (κ3) is 4.39. The van der Waals surface area contributed by atoms with Crippen LogP contribution in [0.1, 0.15) is 13.8 Å². The van der Waals surface area contributed by atoms with Gasteiger partial charge in [0.1, 0.15) is 0 Å². The Bertz CT molecular complexity index is 713. The first-order chi connectivity index (χ1) is 10.5. The highest BCUT2D eigenvalue weighted by Crippen LogP contribution is 2.25. The van der Waals surface area contributed by atoms with Crippen LogP contribution < -0.4 is 10.9 Å². The molecular formula is C16H17ClN2O2S. The van der Waals surface area contributed by atoms with Crippen molar-refractivity contribution < 1.29 is 4.79 Å². The van der Waals surface area contributed by atoms with Crippen molar-refractivity contribution in [2.75, 3.05) is 5.32 Å². The van der Waals surface area contributed by atoms with E-state index in [0.717, 1.165) is 4.90 Å². The molecule has 0 aliphatic carbocycles. The van der Waals surface area contributed by atoms with E-state index in [9.17, 15) is 9.59 Å². The van der Waals surface area contributed by atoms with Crippen molar-refractivity contribution in [3.8, 4) is 0 Å². The summed E-state index contributed by atoms with van der Waals surface area (Å²) in [6.07, 6.45) is 1.65. The molecule has 1 aromatic carbocycles. The molecule has 6 heteroatoms. The highest BCUT2D eigenvalue weighted by molar-refractivity contribution is 8.00. The number of halogens is 1. The third-order valence-electron chi connectivity index (χ3n) is 3.09. The number of pyridine rings is 1. The van der Waals surface area contributed by atoms with Gasteiger partial charge in [-0.3, -0.25) is 9.59 Å². The first kappa shape index (κ1) is 16.6. The van der Waals surface area contributed by atoms with E-state index in [2.05, 4.69) is 5.32 Å². The Labute approximate surface area is 138 Å². The second-order valence-electron chi connectivity index (χ2n) is 4.75. The molecule has 0 spiro atoms. The molecule has 2 aromatic rings. The highest BCUT2D eigenvalue weighted by Gasteiger charge is 2.15. The van der Waals surface area contributed by atoms with E-state index < -0.39 is 0 Å². The van der Waals surface area contributed by atoms with E-state index in [1.54, 1.807) is 29.0 Å². The lowest BCUT2D eigenvalue weighted by atomic mass is 10.3. The van der Waals surface area contributed by atoms with Crippen molar-refractivity contribution in [3.63, 3.8) is 0 Å². The number of aromatic nitrogens is 1. The van der Waals surface area contributed by atoms with Crippen molar-refractivity contribution >= 4 is 35.0 Å². The summed E-state index contributed by atoms with van der Waals surface area (Å²) < 4.78 is 1.55. The number of rotatable bonds is 5. The summed E-state index contributed by atoms with van der Waals surface area (Å²) in [5.41, 5.74) is 0.541. The van der Waals surface area contributed by atoms with E-state index in [1.165, 1.54) is 17.8 Å². The van der Waals surface area contributed by atoms with Crippen molar-refractivity contribution in [1.29, 1.82) is 0 Å². The second-order valence-corrected chi connectivity index (χ2v) is 6.60. The average Bonchev–Trinajstić information content (AvgIpc) is 2.51. The van der Waals surface area contributed by atoms with Gasteiger partial charge in [0.05, 0.1) is 10.9 Å². The summed E-state index contributed by atoms with van der Waals surface area (Å²) in [5, 5.41) is 3.24. The fraction of sp³-hybridized carbons (Fsp3) is 0.250. The lowest BCUT2D eigenvalue weighted by Gasteiger charge is -2.13. The minimum atomic E-state index is -0.261. The van der Waals surface area contributed by atoms with E-state index >= 15 is 0 Å².